The zero-order valence-electron chi connectivity index (χ0n) is 15.9. The van der Waals surface area contributed by atoms with Gasteiger partial charge in [-0.15, -0.1) is 0 Å². The highest BCUT2D eigenvalue weighted by Crippen LogP contribution is 2.30. The van der Waals surface area contributed by atoms with Gasteiger partial charge in [-0.1, -0.05) is 0 Å². The molecule has 0 aliphatic rings. The number of halogens is 3. The number of carbonyl (C=O) groups excluding carboxylic acids is 1. The van der Waals surface area contributed by atoms with Crippen LogP contribution in [0.3, 0.4) is 0 Å². The molecule has 2 rings (SSSR count). The van der Waals surface area contributed by atoms with E-state index in [9.17, 15) is 22.8 Å². The Labute approximate surface area is 155 Å². The molecule has 0 saturated carbocycles. The van der Waals surface area contributed by atoms with Gasteiger partial charge in [0.2, 0.25) is 0 Å². The van der Waals surface area contributed by atoms with Crippen LogP contribution in [0.5, 0.6) is 0 Å². The molecular formula is C18H23F3N4O2. The first-order chi connectivity index (χ1) is 12.5. The Bertz CT molecular complexity index is 926. The molecule has 6 nitrogen and oxygen atoms in total. The van der Waals surface area contributed by atoms with Gasteiger partial charge in [0.15, 0.2) is 0 Å². The lowest BCUT2D eigenvalue weighted by molar-refractivity contribution is -0.144. The number of aromatic nitrogens is 2. The third-order valence-corrected chi connectivity index (χ3v) is 4.47. The zero-order chi connectivity index (χ0) is 20.5. The van der Waals surface area contributed by atoms with Crippen LogP contribution in [-0.2, 0) is 26.8 Å². The first kappa shape index (κ1) is 20.6. The van der Waals surface area contributed by atoms with Crippen molar-refractivity contribution in [3.8, 4) is 0 Å². The summed E-state index contributed by atoms with van der Waals surface area (Å²) in [6.45, 7) is 5.66. The van der Waals surface area contributed by atoms with Crippen LogP contribution in [0.4, 0.5) is 18.9 Å². The van der Waals surface area contributed by atoms with Gasteiger partial charge in [0, 0.05) is 31.9 Å². The normalized spacial score (nSPS) is 11.6. The molecule has 0 unspecified atom stereocenters. The number of amides is 1. The van der Waals surface area contributed by atoms with E-state index in [1.165, 1.54) is 7.05 Å². The van der Waals surface area contributed by atoms with Crippen LogP contribution in [-0.4, -0.2) is 21.8 Å². The smallest absolute Gasteiger partial charge is 0.385 e. The fraction of sp³-hybridized carbons (Fsp3) is 0.444. The van der Waals surface area contributed by atoms with E-state index in [1.807, 2.05) is 19.9 Å². The molecule has 0 bridgehead atoms. The highest BCUT2D eigenvalue weighted by Gasteiger charge is 2.39. The third kappa shape index (κ3) is 4.01. The summed E-state index contributed by atoms with van der Waals surface area (Å²) in [6, 6.07) is 3.56. The van der Waals surface area contributed by atoms with E-state index in [2.05, 4.69) is 10.6 Å². The van der Waals surface area contributed by atoms with Crippen LogP contribution >= 0.6 is 0 Å². The van der Waals surface area contributed by atoms with Gasteiger partial charge in [0.05, 0.1) is 12.1 Å². The van der Waals surface area contributed by atoms with Crippen molar-refractivity contribution in [3.05, 3.63) is 50.4 Å². The number of alkyl halides is 3. The van der Waals surface area contributed by atoms with Gasteiger partial charge in [-0.2, -0.15) is 13.2 Å². The second kappa shape index (κ2) is 7.50. The number of anilines is 1. The van der Waals surface area contributed by atoms with E-state index in [0.717, 1.165) is 27.7 Å². The number of benzene rings is 1. The van der Waals surface area contributed by atoms with Crippen LogP contribution in [0, 0.1) is 13.8 Å². The minimum Gasteiger partial charge on any atom is -0.385 e. The number of hydrogen-bond donors (Lipinski definition) is 2. The number of nitrogens with one attached hydrogen (secondary N) is 2. The Morgan fingerprint density at radius 3 is 2.33 bits per heavy atom. The number of nitrogens with zero attached hydrogens (tertiary/aromatic N) is 2. The van der Waals surface area contributed by atoms with Crippen molar-refractivity contribution < 1.29 is 18.0 Å². The maximum atomic E-state index is 13.3. The van der Waals surface area contributed by atoms with Crippen molar-refractivity contribution in [3.63, 3.8) is 0 Å². The van der Waals surface area contributed by atoms with Crippen LogP contribution in [0.1, 0.15) is 39.7 Å². The Balaban J connectivity index is 2.35. The third-order valence-electron chi connectivity index (χ3n) is 4.47. The number of aryl methyl sites for hydroxylation is 1. The standard InChI is InChI=1S/C18H23F3N4O2/c1-6-22-14-8-10(2)7-12(11(14)3)16(26)23-9-13-15(18(19,20)21)24(4)25(5)17(13)27/h7-8,22H,6,9H2,1-5H3,(H,23,26). The lowest BCUT2D eigenvalue weighted by Crippen LogP contribution is -2.28. The van der Waals surface area contributed by atoms with Gasteiger partial charge in [-0.3, -0.25) is 19.0 Å². The Hall–Kier alpha value is -2.71. The minimum atomic E-state index is -4.70. The molecule has 0 aliphatic carbocycles. The average molecular weight is 384 g/mol. The predicted molar refractivity (Wildman–Crippen MR) is 96.9 cm³/mol. The molecule has 0 atom stereocenters. The molecule has 1 aromatic heterocycles. The molecule has 1 aromatic carbocycles. The monoisotopic (exact) mass is 384 g/mol. The van der Waals surface area contributed by atoms with Crippen molar-refractivity contribution in [2.75, 3.05) is 11.9 Å². The second-order valence-corrected chi connectivity index (χ2v) is 6.38. The predicted octanol–water partition coefficient (Wildman–Crippen LogP) is 2.72. The molecule has 148 valence electrons. The van der Waals surface area contributed by atoms with Gasteiger partial charge in [-0.25, -0.2) is 0 Å². The minimum absolute atomic E-state index is 0.354. The first-order valence-electron chi connectivity index (χ1n) is 8.44. The highest BCUT2D eigenvalue weighted by atomic mass is 19.4. The maximum absolute atomic E-state index is 13.3. The average Bonchev–Trinajstić information content (AvgIpc) is 2.79. The van der Waals surface area contributed by atoms with Crippen LogP contribution in [0.25, 0.3) is 0 Å². The SMILES string of the molecule is CCNc1cc(C)cc(C(=O)NCc2c(C(F)(F)F)n(C)n(C)c2=O)c1C. The largest absolute Gasteiger partial charge is 0.433 e. The summed E-state index contributed by atoms with van der Waals surface area (Å²) < 4.78 is 41.5. The lowest BCUT2D eigenvalue weighted by atomic mass is 10.0. The Morgan fingerprint density at radius 2 is 1.78 bits per heavy atom. The van der Waals surface area contributed by atoms with Crippen molar-refractivity contribution in [1.82, 2.24) is 14.7 Å². The molecule has 27 heavy (non-hydrogen) atoms. The van der Waals surface area contributed by atoms with E-state index in [0.29, 0.717) is 17.7 Å². The van der Waals surface area contributed by atoms with Gasteiger partial charge in [0.1, 0.15) is 5.69 Å². The molecule has 0 radical (unpaired) electrons. The summed E-state index contributed by atoms with van der Waals surface area (Å²) in [5, 5.41) is 5.60. The van der Waals surface area contributed by atoms with Gasteiger partial charge < -0.3 is 10.6 Å². The molecule has 0 fully saturated rings. The summed E-state index contributed by atoms with van der Waals surface area (Å²) in [4.78, 5) is 24.7. The number of carbonyl (C=O) groups is 1. The molecule has 0 saturated heterocycles. The van der Waals surface area contributed by atoms with Crippen LogP contribution in [0.2, 0.25) is 0 Å². The molecule has 0 aliphatic heterocycles. The summed E-state index contributed by atoms with van der Waals surface area (Å²) in [5.74, 6) is -0.533. The molecule has 0 spiro atoms. The zero-order valence-corrected chi connectivity index (χ0v) is 15.9. The quantitative estimate of drug-likeness (QED) is 0.833. The summed E-state index contributed by atoms with van der Waals surface area (Å²) in [6.07, 6.45) is -4.70. The lowest BCUT2D eigenvalue weighted by Gasteiger charge is -2.14. The number of hydrogen-bond acceptors (Lipinski definition) is 3. The van der Waals surface area contributed by atoms with Gasteiger partial charge >= 0.3 is 6.18 Å². The second-order valence-electron chi connectivity index (χ2n) is 6.38. The first-order valence-corrected chi connectivity index (χ1v) is 8.44. The van der Waals surface area contributed by atoms with Crippen molar-refractivity contribution in [2.24, 2.45) is 14.1 Å². The van der Waals surface area contributed by atoms with E-state index in [1.54, 1.807) is 13.0 Å². The summed E-state index contributed by atoms with van der Waals surface area (Å²) in [5.41, 5.74) is 0.328. The summed E-state index contributed by atoms with van der Waals surface area (Å²) in [7, 11) is 2.40. The van der Waals surface area contributed by atoms with Crippen molar-refractivity contribution in [2.45, 2.75) is 33.5 Å². The molecule has 9 heteroatoms. The highest BCUT2D eigenvalue weighted by molar-refractivity contribution is 5.97. The van der Waals surface area contributed by atoms with E-state index < -0.39 is 35.4 Å². The molecule has 2 aromatic rings. The summed E-state index contributed by atoms with van der Waals surface area (Å²) >= 11 is 0. The van der Waals surface area contributed by atoms with Crippen LogP contribution < -0.4 is 16.2 Å². The van der Waals surface area contributed by atoms with E-state index >= 15 is 0 Å². The maximum Gasteiger partial charge on any atom is 0.433 e. The Morgan fingerprint density at radius 1 is 1.15 bits per heavy atom. The van der Waals surface area contributed by atoms with Crippen LogP contribution in [0.15, 0.2) is 16.9 Å². The topological polar surface area (TPSA) is 68.1 Å². The fourth-order valence-corrected chi connectivity index (χ4v) is 3.02. The molecule has 2 N–H and O–H groups in total. The molecule has 1 heterocycles. The van der Waals surface area contributed by atoms with Gasteiger partial charge in [-0.05, 0) is 44.0 Å². The van der Waals surface area contributed by atoms with E-state index in [-0.39, 0.29) is 0 Å². The fourth-order valence-electron chi connectivity index (χ4n) is 3.02. The molecular weight excluding hydrogens is 361 g/mol. The Kier molecular flexibility index (Phi) is 5.72. The van der Waals surface area contributed by atoms with Crippen molar-refractivity contribution in [1.29, 1.82) is 0 Å². The number of rotatable bonds is 5. The van der Waals surface area contributed by atoms with E-state index in [4.69, 9.17) is 0 Å². The van der Waals surface area contributed by atoms with Gasteiger partial charge in [0.25, 0.3) is 11.5 Å². The molecule has 1 amide bonds. The van der Waals surface area contributed by atoms with Crippen molar-refractivity contribution >= 4 is 11.6 Å².